The summed E-state index contributed by atoms with van der Waals surface area (Å²) in [6, 6.07) is 15.3. The van der Waals surface area contributed by atoms with Gasteiger partial charge in [0.05, 0.1) is 28.2 Å². The smallest absolute Gasteiger partial charge is 0.335 e. The second-order valence-electron chi connectivity index (χ2n) is 5.71. The number of nitrogens with one attached hydrogen (secondary N) is 1. The number of aromatic carboxylic acids is 1. The lowest BCUT2D eigenvalue weighted by Crippen LogP contribution is -2.18. The number of rotatable bonds is 6. The third-order valence-corrected chi connectivity index (χ3v) is 4.82. The molecule has 0 bridgehead atoms. The van der Waals surface area contributed by atoms with E-state index < -0.39 is 5.97 Å². The van der Waals surface area contributed by atoms with Crippen LogP contribution in [0.25, 0.3) is 5.69 Å². The Balaban J connectivity index is 1.76. The highest BCUT2D eigenvalue weighted by molar-refractivity contribution is 14.1. The molecule has 142 valence electrons. The average Bonchev–Trinajstić information content (AvgIpc) is 3.17. The zero-order valence-electron chi connectivity index (χ0n) is 14.8. The first-order valence-electron chi connectivity index (χ1n) is 8.17. The van der Waals surface area contributed by atoms with E-state index in [1.807, 2.05) is 0 Å². The molecule has 0 atom stereocenters. The number of benzene rings is 2. The van der Waals surface area contributed by atoms with Crippen molar-refractivity contribution in [2.24, 2.45) is 5.10 Å². The second kappa shape index (κ2) is 8.70. The summed E-state index contributed by atoms with van der Waals surface area (Å²) < 4.78 is 7.90. The molecule has 0 fully saturated rings. The predicted molar refractivity (Wildman–Crippen MR) is 113 cm³/mol. The fourth-order valence-corrected chi connectivity index (χ4v) is 3.10. The quantitative estimate of drug-likeness (QED) is 0.315. The maximum Gasteiger partial charge on any atom is 0.335 e. The van der Waals surface area contributed by atoms with Crippen LogP contribution in [0.1, 0.15) is 26.4 Å². The number of amides is 1. The van der Waals surface area contributed by atoms with Gasteiger partial charge in [0, 0.05) is 17.4 Å². The number of nitrogens with zero attached hydrogens (tertiary/aromatic N) is 2. The minimum atomic E-state index is -0.996. The van der Waals surface area contributed by atoms with Gasteiger partial charge in [-0.2, -0.15) is 5.10 Å². The van der Waals surface area contributed by atoms with Gasteiger partial charge in [-0.25, -0.2) is 10.2 Å². The molecular formula is C20H16IN3O4. The molecule has 7 nitrogen and oxygen atoms in total. The molecule has 3 rings (SSSR count). The predicted octanol–water partition coefficient (Wildman–Crippen LogP) is 3.55. The lowest BCUT2D eigenvalue weighted by atomic mass is 10.2. The summed E-state index contributed by atoms with van der Waals surface area (Å²) in [5, 5.41) is 13.2. The van der Waals surface area contributed by atoms with Crippen molar-refractivity contribution in [1.82, 2.24) is 9.99 Å². The Morgan fingerprint density at radius 3 is 2.71 bits per heavy atom. The first-order valence-corrected chi connectivity index (χ1v) is 9.25. The summed E-state index contributed by atoms with van der Waals surface area (Å²) in [4.78, 5) is 23.4. The van der Waals surface area contributed by atoms with Crippen molar-refractivity contribution in [3.8, 4) is 11.4 Å². The molecule has 2 aromatic carbocycles. The molecule has 0 saturated heterocycles. The molecule has 28 heavy (non-hydrogen) atoms. The molecular weight excluding hydrogens is 473 g/mol. The number of carbonyl (C=O) groups is 2. The standard InChI is InChI=1S/C20H16IN3O4/c1-28-18-11-13(7-8-17(18)21)19(25)23-22-12-16-6-3-9-24(16)15-5-2-4-14(10-15)20(26)27/h2-12H,1H3,(H,23,25)(H,26,27)/b22-12+. The largest absolute Gasteiger partial charge is 0.496 e. The number of carboxylic acids is 1. The van der Waals surface area contributed by atoms with Crippen molar-refractivity contribution in [1.29, 1.82) is 0 Å². The van der Waals surface area contributed by atoms with Crippen LogP contribution in [-0.2, 0) is 0 Å². The summed E-state index contributed by atoms with van der Waals surface area (Å²) in [6.45, 7) is 0. The van der Waals surface area contributed by atoms with Gasteiger partial charge in [0.15, 0.2) is 0 Å². The topological polar surface area (TPSA) is 92.9 Å². The van der Waals surface area contributed by atoms with Gasteiger partial charge < -0.3 is 14.4 Å². The van der Waals surface area contributed by atoms with Crippen LogP contribution < -0.4 is 10.2 Å². The van der Waals surface area contributed by atoms with Crippen LogP contribution in [0.3, 0.4) is 0 Å². The number of ether oxygens (including phenoxy) is 1. The Labute approximate surface area is 174 Å². The molecule has 0 radical (unpaired) electrons. The number of carboxylic acid groups (broad SMARTS) is 1. The number of hydrazone groups is 1. The maximum atomic E-state index is 12.3. The molecule has 2 N–H and O–H groups in total. The van der Waals surface area contributed by atoms with E-state index in [4.69, 9.17) is 9.84 Å². The molecule has 1 heterocycles. The van der Waals surface area contributed by atoms with E-state index in [0.29, 0.717) is 22.7 Å². The fourth-order valence-electron chi connectivity index (χ4n) is 2.55. The van der Waals surface area contributed by atoms with Crippen molar-refractivity contribution in [3.05, 3.63) is 81.2 Å². The van der Waals surface area contributed by atoms with Crippen molar-refractivity contribution in [2.45, 2.75) is 0 Å². The number of aromatic nitrogens is 1. The molecule has 1 aromatic heterocycles. The number of carbonyl (C=O) groups excluding carboxylic acids is 1. The van der Waals surface area contributed by atoms with Crippen molar-refractivity contribution < 1.29 is 19.4 Å². The monoisotopic (exact) mass is 489 g/mol. The van der Waals surface area contributed by atoms with Crippen LogP contribution in [0.15, 0.2) is 65.9 Å². The molecule has 8 heteroatoms. The van der Waals surface area contributed by atoms with Gasteiger partial charge in [-0.3, -0.25) is 4.79 Å². The van der Waals surface area contributed by atoms with Crippen molar-refractivity contribution in [2.75, 3.05) is 7.11 Å². The molecule has 0 spiro atoms. The first kappa shape index (κ1) is 19.6. The van der Waals surface area contributed by atoms with Crippen molar-refractivity contribution in [3.63, 3.8) is 0 Å². The minimum Gasteiger partial charge on any atom is -0.496 e. The Morgan fingerprint density at radius 1 is 1.14 bits per heavy atom. The highest BCUT2D eigenvalue weighted by Gasteiger charge is 2.09. The van der Waals surface area contributed by atoms with Gasteiger partial charge in [0.2, 0.25) is 0 Å². The molecule has 3 aromatic rings. The summed E-state index contributed by atoms with van der Waals surface area (Å²) in [5.41, 5.74) is 4.46. The van der Waals surface area contributed by atoms with E-state index in [0.717, 1.165) is 3.57 Å². The summed E-state index contributed by atoms with van der Waals surface area (Å²) in [7, 11) is 1.55. The van der Waals surface area contributed by atoms with Gasteiger partial charge in [-0.05, 0) is 71.1 Å². The van der Waals surface area contributed by atoms with Gasteiger partial charge in [-0.1, -0.05) is 6.07 Å². The van der Waals surface area contributed by atoms with Crippen LogP contribution in [0.2, 0.25) is 0 Å². The SMILES string of the molecule is COc1cc(C(=O)N/N=C/c2cccn2-c2cccc(C(=O)O)c2)ccc1I. The first-order chi connectivity index (χ1) is 13.5. The van der Waals surface area contributed by atoms with E-state index in [1.54, 1.807) is 66.4 Å². The third kappa shape index (κ3) is 4.39. The molecule has 0 aliphatic heterocycles. The Morgan fingerprint density at radius 2 is 1.96 bits per heavy atom. The summed E-state index contributed by atoms with van der Waals surface area (Å²) >= 11 is 2.13. The summed E-state index contributed by atoms with van der Waals surface area (Å²) in [5.74, 6) is -0.745. The number of halogens is 1. The van der Waals surface area contributed by atoms with E-state index in [9.17, 15) is 9.59 Å². The van der Waals surface area contributed by atoms with Crippen LogP contribution in [0.5, 0.6) is 5.75 Å². The molecule has 0 unspecified atom stereocenters. The Kier molecular flexibility index (Phi) is 6.09. The van der Waals surface area contributed by atoms with Gasteiger partial charge >= 0.3 is 5.97 Å². The van der Waals surface area contributed by atoms with E-state index >= 15 is 0 Å². The molecule has 0 aliphatic rings. The Bertz CT molecular complexity index is 1060. The lowest BCUT2D eigenvalue weighted by Gasteiger charge is -2.07. The Hall–Kier alpha value is -3.14. The van der Waals surface area contributed by atoms with Gasteiger partial charge in [0.1, 0.15) is 5.75 Å². The highest BCUT2D eigenvalue weighted by atomic mass is 127. The van der Waals surface area contributed by atoms with Crippen LogP contribution in [-0.4, -0.2) is 34.9 Å². The zero-order valence-corrected chi connectivity index (χ0v) is 17.0. The fraction of sp³-hybridized carbons (Fsp3) is 0.0500. The summed E-state index contributed by atoms with van der Waals surface area (Å²) in [6.07, 6.45) is 3.28. The number of methoxy groups -OCH3 is 1. The second-order valence-corrected chi connectivity index (χ2v) is 6.87. The maximum absolute atomic E-state index is 12.3. The normalized spacial score (nSPS) is 10.8. The number of hydrogen-bond acceptors (Lipinski definition) is 4. The van der Waals surface area contributed by atoms with E-state index in [2.05, 4.69) is 33.1 Å². The minimum absolute atomic E-state index is 0.190. The van der Waals surface area contributed by atoms with Gasteiger partial charge in [0.25, 0.3) is 5.91 Å². The van der Waals surface area contributed by atoms with Crippen LogP contribution in [0.4, 0.5) is 0 Å². The highest BCUT2D eigenvalue weighted by Crippen LogP contribution is 2.21. The zero-order chi connectivity index (χ0) is 20.1. The molecule has 0 saturated carbocycles. The number of hydrogen-bond donors (Lipinski definition) is 2. The molecule has 0 aliphatic carbocycles. The third-order valence-electron chi connectivity index (χ3n) is 3.93. The van der Waals surface area contributed by atoms with Crippen LogP contribution >= 0.6 is 22.6 Å². The van der Waals surface area contributed by atoms with Crippen molar-refractivity contribution >= 4 is 40.7 Å². The lowest BCUT2D eigenvalue weighted by molar-refractivity contribution is 0.0696. The molecule has 1 amide bonds. The van der Waals surface area contributed by atoms with E-state index in [-0.39, 0.29) is 11.5 Å². The van der Waals surface area contributed by atoms with Crippen LogP contribution in [0, 0.1) is 3.57 Å². The van der Waals surface area contributed by atoms with E-state index in [1.165, 1.54) is 12.3 Å². The average molecular weight is 489 g/mol. The van der Waals surface area contributed by atoms with Gasteiger partial charge in [-0.15, -0.1) is 0 Å².